The first-order valence-corrected chi connectivity index (χ1v) is 13.6. The standard InChI is InChI=1S/C23H30N4O4S2/c24-15-17-6-4-7-18(14-17)16-25-21(28)22-26(23(29)19-8-2-1-3-9-19)11-12-27(22)33(30,31)20-10-5-13-32-20/h4-7,10,13-14,19,22H,1-3,8-9,11-12,15-16,24H2,(H,25,28). The van der Waals surface area contributed by atoms with Crippen molar-refractivity contribution in [2.24, 2.45) is 11.7 Å². The van der Waals surface area contributed by atoms with Crippen molar-refractivity contribution in [3.63, 3.8) is 0 Å². The molecule has 2 fully saturated rings. The Morgan fingerprint density at radius 2 is 1.82 bits per heavy atom. The van der Waals surface area contributed by atoms with Gasteiger partial charge in [0.2, 0.25) is 5.91 Å². The second-order valence-corrected chi connectivity index (χ2v) is 11.6. The molecule has 1 aromatic carbocycles. The fourth-order valence-electron chi connectivity index (χ4n) is 4.62. The monoisotopic (exact) mass is 490 g/mol. The van der Waals surface area contributed by atoms with E-state index < -0.39 is 22.1 Å². The Morgan fingerprint density at radius 1 is 1.06 bits per heavy atom. The van der Waals surface area contributed by atoms with Crippen LogP contribution in [0.1, 0.15) is 43.2 Å². The van der Waals surface area contributed by atoms with Gasteiger partial charge in [-0.25, -0.2) is 8.42 Å². The van der Waals surface area contributed by atoms with E-state index in [2.05, 4.69) is 5.32 Å². The highest BCUT2D eigenvalue weighted by molar-refractivity contribution is 7.91. The summed E-state index contributed by atoms with van der Waals surface area (Å²) in [5.74, 6) is -0.765. The molecule has 1 saturated heterocycles. The summed E-state index contributed by atoms with van der Waals surface area (Å²) in [4.78, 5) is 28.2. The zero-order valence-corrected chi connectivity index (χ0v) is 20.1. The van der Waals surface area contributed by atoms with Gasteiger partial charge in [-0.3, -0.25) is 9.59 Å². The van der Waals surface area contributed by atoms with Crippen molar-refractivity contribution >= 4 is 33.2 Å². The molecule has 2 heterocycles. The molecule has 0 spiro atoms. The van der Waals surface area contributed by atoms with E-state index in [0.717, 1.165) is 54.6 Å². The molecule has 1 unspecified atom stereocenters. The summed E-state index contributed by atoms with van der Waals surface area (Å²) >= 11 is 1.11. The minimum Gasteiger partial charge on any atom is -0.349 e. The number of hydrogen-bond donors (Lipinski definition) is 2. The zero-order chi connectivity index (χ0) is 23.4. The molecule has 33 heavy (non-hydrogen) atoms. The lowest BCUT2D eigenvalue weighted by Crippen LogP contribution is -2.54. The van der Waals surface area contributed by atoms with Gasteiger partial charge in [0.15, 0.2) is 6.17 Å². The predicted molar refractivity (Wildman–Crippen MR) is 126 cm³/mol. The van der Waals surface area contributed by atoms with Crippen molar-refractivity contribution in [3.8, 4) is 0 Å². The number of carbonyl (C=O) groups excluding carboxylic acids is 2. The number of nitrogens with zero attached hydrogens (tertiary/aromatic N) is 2. The number of hydrogen-bond acceptors (Lipinski definition) is 6. The van der Waals surface area contributed by atoms with Gasteiger partial charge < -0.3 is 16.0 Å². The molecule has 0 bridgehead atoms. The second kappa shape index (κ2) is 10.3. The Hall–Kier alpha value is -2.27. The predicted octanol–water partition coefficient (Wildman–Crippen LogP) is 2.26. The molecule has 178 valence electrons. The number of nitrogens with one attached hydrogen (secondary N) is 1. The van der Waals surface area contributed by atoms with Crippen LogP contribution in [0.15, 0.2) is 46.0 Å². The minimum absolute atomic E-state index is 0.0967. The fraction of sp³-hybridized carbons (Fsp3) is 0.478. The topological polar surface area (TPSA) is 113 Å². The van der Waals surface area contributed by atoms with Crippen LogP contribution in [0.25, 0.3) is 0 Å². The average Bonchev–Trinajstić information content (AvgIpc) is 3.54. The van der Waals surface area contributed by atoms with Crippen molar-refractivity contribution in [1.29, 1.82) is 0 Å². The van der Waals surface area contributed by atoms with Crippen molar-refractivity contribution in [3.05, 3.63) is 52.9 Å². The molecule has 2 aliphatic rings. The third kappa shape index (κ3) is 5.13. The summed E-state index contributed by atoms with van der Waals surface area (Å²) in [7, 11) is -3.90. The van der Waals surface area contributed by atoms with E-state index in [1.54, 1.807) is 11.4 Å². The first-order chi connectivity index (χ1) is 15.9. The Balaban J connectivity index is 1.58. The molecule has 0 radical (unpaired) electrons. The molecule has 1 aliphatic heterocycles. The maximum atomic E-state index is 13.4. The van der Waals surface area contributed by atoms with Gasteiger partial charge in [0, 0.05) is 32.1 Å². The molecule has 4 rings (SSSR count). The second-order valence-electron chi connectivity index (χ2n) is 8.53. The van der Waals surface area contributed by atoms with Gasteiger partial charge in [0.1, 0.15) is 4.21 Å². The number of carbonyl (C=O) groups is 2. The maximum absolute atomic E-state index is 13.4. The van der Waals surface area contributed by atoms with Gasteiger partial charge in [0.25, 0.3) is 15.9 Å². The van der Waals surface area contributed by atoms with Crippen LogP contribution >= 0.6 is 11.3 Å². The molecule has 10 heteroatoms. The third-order valence-corrected chi connectivity index (χ3v) is 9.58. The van der Waals surface area contributed by atoms with Crippen LogP contribution in [0.5, 0.6) is 0 Å². The van der Waals surface area contributed by atoms with E-state index >= 15 is 0 Å². The lowest BCUT2D eigenvalue weighted by atomic mass is 9.88. The number of sulfonamides is 1. The van der Waals surface area contributed by atoms with Crippen molar-refractivity contribution < 1.29 is 18.0 Å². The molecule has 3 N–H and O–H groups in total. The Labute approximate surface area is 198 Å². The van der Waals surface area contributed by atoms with Crippen LogP contribution in [0.2, 0.25) is 0 Å². The number of rotatable bonds is 7. The molecule has 8 nitrogen and oxygen atoms in total. The van der Waals surface area contributed by atoms with Gasteiger partial charge >= 0.3 is 0 Å². The Bertz CT molecular complexity index is 1080. The minimum atomic E-state index is -3.90. The van der Waals surface area contributed by atoms with Crippen LogP contribution in [0.3, 0.4) is 0 Å². The number of nitrogens with two attached hydrogens (primary N) is 1. The van der Waals surface area contributed by atoms with Crippen molar-refractivity contribution in [2.45, 2.75) is 55.6 Å². The molecule has 2 aromatic rings. The average molecular weight is 491 g/mol. The summed E-state index contributed by atoms with van der Waals surface area (Å²) in [6, 6.07) is 10.7. The highest BCUT2D eigenvalue weighted by Crippen LogP contribution is 2.31. The number of benzene rings is 1. The number of amides is 2. The quantitative estimate of drug-likeness (QED) is 0.618. The van der Waals surface area contributed by atoms with Crippen LogP contribution in [-0.2, 0) is 32.7 Å². The smallest absolute Gasteiger partial charge is 0.259 e. The molecule has 1 aliphatic carbocycles. The van der Waals surface area contributed by atoms with E-state index in [9.17, 15) is 18.0 Å². The SMILES string of the molecule is NCc1cccc(CNC(=O)C2N(C(=O)C3CCCCC3)CCN2S(=O)(=O)c2cccs2)c1. The van der Waals surface area contributed by atoms with E-state index in [1.165, 1.54) is 15.3 Å². The molecular formula is C23H30N4O4S2. The van der Waals surface area contributed by atoms with E-state index in [4.69, 9.17) is 5.73 Å². The molecule has 1 saturated carbocycles. The summed E-state index contributed by atoms with van der Waals surface area (Å²) < 4.78 is 28.0. The van der Waals surface area contributed by atoms with E-state index in [1.807, 2.05) is 24.3 Å². The van der Waals surface area contributed by atoms with Crippen LogP contribution in [-0.4, -0.2) is 48.7 Å². The van der Waals surface area contributed by atoms with Gasteiger partial charge in [-0.1, -0.05) is 49.6 Å². The van der Waals surface area contributed by atoms with Gasteiger partial charge in [-0.15, -0.1) is 11.3 Å². The molecule has 1 aromatic heterocycles. The highest BCUT2D eigenvalue weighted by atomic mass is 32.2. The maximum Gasteiger partial charge on any atom is 0.259 e. The van der Waals surface area contributed by atoms with Crippen molar-refractivity contribution in [2.75, 3.05) is 13.1 Å². The molecular weight excluding hydrogens is 460 g/mol. The van der Waals surface area contributed by atoms with Crippen LogP contribution < -0.4 is 11.1 Å². The highest BCUT2D eigenvalue weighted by Gasteiger charge is 2.47. The largest absolute Gasteiger partial charge is 0.349 e. The Kier molecular flexibility index (Phi) is 7.48. The Morgan fingerprint density at radius 3 is 2.52 bits per heavy atom. The van der Waals surface area contributed by atoms with Gasteiger partial charge in [-0.05, 0) is 35.4 Å². The van der Waals surface area contributed by atoms with E-state index in [-0.39, 0.29) is 35.7 Å². The summed E-state index contributed by atoms with van der Waals surface area (Å²) in [5.41, 5.74) is 7.51. The normalized spacial score (nSPS) is 20.2. The van der Waals surface area contributed by atoms with Crippen LogP contribution in [0, 0.1) is 5.92 Å². The van der Waals surface area contributed by atoms with E-state index in [0.29, 0.717) is 6.54 Å². The molecule has 2 amide bonds. The van der Waals surface area contributed by atoms with Crippen LogP contribution in [0.4, 0.5) is 0 Å². The van der Waals surface area contributed by atoms with Gasteiger partial charge in [0.05, 0.1) is 0 Å². The van der Waals surface area contributed by atoms with Crippen molar-refractivity contribution in [1.82, 2.24) is 14.5 Å². The van der Waals surface area contributed by atoms with Gasteiger partial charge in [-0.2, -0.15) is 4.31 Å². The summed E-state index contributed by atoms with van der Waals surface area (Å²) in [6.07, 6.45) is 3.45. The third-order valence-electron chi connectivity index (χ3n) is 6.35. The lowest BCUT2D eigenvalue weighted by molar-refractivity contribution is -0.144. The summed E-state index contributed by atoms with van der Waals surface area (Å²) in [6.45, 7) is 0.919. The summed E-state index contributed by atoms with van der Waals surface area (Å²) in [5, 5.41) is 4.54. The fourth-order valence-corrected chi connectivity index (χ4v) is 7.28. The first kappa shape index (κ1) is 23.9. The zero-order valence-electron chi connectivity index (χ0n) is 18.5. The molecule has 1 atom stereocenters. The first-order valence-electron chi connectivity index (χ1n) is 11.3. The lowest BCUT2D eigenvalue weighted by Gasteiger charge is -2.32. The number of thiophene rings is 1.